The summed E-state index contributed by atoms with van der Waals surface area (Å²) in [5.41, 5.74) is 1.56. The zero-order chi connectivity index (χ0) is 14.0. The van der Waals surface area contributed by atoms with E-state index >= 15 is 0 Å². The summed E-state index contributed by atoms with van der Waals surface area (Å²) in [7, 11) is 0. The second-order valence-electron chi connectivity index (χ2n) is 4.00. The molecule has 0 aliphatic rings. The number of nitrogens with one attached hydrogen (secondary N) is 1. The van der Waals surface area contributed by atoms with E-state index in [1.54, 1.807) is 31.2 Å². The third-order valence-electron chi connectivity index (χ3n) is 2.69. The van der Waals surface area contributed by atoms with Gasteiger partial charge in [-0.05, 0) is 58.7 Å². The van der Waals surface area contributed by atoms with Crippen LogP contribution in [0.25, 0.3) is 0 Å². The highest BCUT2D eigenvalue weighted by Gasteiger charge is 2.11. The third kappa shape index (κ3) is 3.14. The van der Waals surface area contributed by atoms with Gasteiger partial charge in [0.25, 0.3) is 5.91 Å². The van der Waals surface area contributed by atoms with Crippen LogP contribution in [0.4, 0.5) is 10.1 Å². The predicted octanol–water partition coefficient (Wildman–Crippen LogP) is 4.80. The van der Waals surface area contributed by atoms with Crippen LogP contribution in [0, 0.1) is 12.7 Å². The van der Waals surface area contributed by atoms with E-state index in [9.17, 15) is 9.18 Å². The summed E-state index contributed by atoms with van der Waals surface area (Å²) in [6, 6.07) is 9.49. The molecule has 0 aliphatic heterocycles. The highest BCUT2D eigenvalue weighted by atomic mass is 79.9. The molecule has 0 unspecified atom stereocenters. The average Bonchev–Trinajstić information content (AvgIpc) is 2.37. The third-order valence-corrected chi connectivity index (χ3v) is 3.74. The van der Waals surface area contributed by atoms with Gasteiger partial charge in [0.15, 0.2) is 0 Å². The Morgan fingerprint density at radius 2 is 2.05 bits per heavy atom. The summed E-state index contributed by atoms with van der Waals surface area (Å²) in [5, 5.41) is 3.16. The maximum absolute atomic E-state index is 13.4. The molecule has 2 aromatic carbocycles. The van der Waals surface area contributed by atoms with Gasteiger partial charge in [0.2, 0.25) is 0 Å². The largest absolute Gasteiger partial charge is 0.322 e. The lowest BCUT2D eigenvalue weighted by molar-refractivity contribution is 0.102. The van der Waals surface area contributed by atoms with Gasteiger partial charge in [0.05, 0.1) is 4.47 Å². The van der Waals surface area contributed by atoms with Gasteiger partial charge in [-0.2, -0.15) is 0 Å². The summed E-state index contributed by atoms with van der Waals surface area (Å²) in [6.07, 6.45) is 0. The Balaban J connectivity index is 2.26. The molecule has 0 saturated heterocycles. The topological polar surface area (TPSA) is 29.1 Å². The summed E-state index contributed by atoms with van der Waals surface area (Å²) >= 11 is 9.02. The molecule has 2 rings (SSSR count). The van der Waals surface area contributed by atoms with Crippen LogP contribution >= 0.6 is 27.5 Å². The van der Waals surface area contributed by atoms with E-state index in [1.807, 2.05) is 0 Å². The molecule has 2 aromatic rings. The molecule has 0 saturated carbocycles. The molecule has 19 heavy (non-hydrogen) atoms. The first kappa shape index (κ1) is 14.0. The molecule has 0 aromatic heterocycles. The van der Waals surface area contributed by atoms with Gasteiger partial charge in [-0.3, -0.25) is 4.79 Å². The number of carbonyl (C=O) groups is 1. The Morgan fingerprint density at radius 1 is 1.32 bits per heavy atom. The molecule has 0 heterocycles. The van der Waals surface area contributed by atoms with Crippen LogP contribution in [0.2, 0.25) is 5.02 Å². The molecule has 0 atom stereocenters. The van der Waals surface area contributed by atoms with Crippen molar-refractivity contribution in [2.24, 2.45) is 0 Å². The summed E-state index contributed by atoms with van der Waals surface area (Å²) in [6.45, 7) is 1.76. The van der Waals surface area contributed by atoms with Crippen LogP contribution in [0.15, 0.2) is 40.9 Å². The van der Waals surface area contributed by atoms with Gasteiger partial charge in [0, 0.05) is 16.3 Å². The Morgan fingerprint density at radius 3 is 2.74 bits per heavy atom. The molecule has 1 amide bonds. The maximum atomic E-state index is 13.4. The van der Waals surface area contributed by atoms with E-state index in [4.69, 9.17) is 11.6 Å². The van der Waals surface area contributed by atoms with Crippen molar-refractivity contribution in [3.8, 4) is 0 Å². The van der Waals surface area contributed by atoms with Gasteiger partial charge >= 0.3 is 0 Å². The van der Waals surface area contributed by atoms with E-state index in [1.165, 1.54) is 12.1 Å². The lowest BCUT2D eigenvalue weighted by Gasteiger charge is -2.09. The van der Waals surface area contributed by atoms with Crippen molar-refractivity contribution in [3.63, 3.8) is 0 Å². The van der Waals surface area contributed by atoms with Crippen LogP contribution in [-0.2, 0) is 0 Å². The first-order valence-electron chi connectivity index (χ1n) is 5.50. The first-order valence-corrected chi connectivity index (χ1v) is 6.67. The fraction of sp³-hybridized carbons (Fsp3) is 0.0714. The number of benzene rings is 2. The number of hydrogen-bond donors (Lipinski definition) is 1. The molecule has 0 fully saturated rings. The Bertz CT molecular complexity index is 645. The number of anilines is 1. The summed E-state index contributed by atoms with van der Waals surface area (Å²) < 4.78 is 13.7. The molecular formula is C14H10BrClFNO. The van der Waals surface area contributed by atoms with Crippen LogP contribution in [0.1, 0.15) is 15.9 Å². The van der Waals surface area contributed by atoms with Crippen LogP contribution in [0.5, 0.6) is 0 Å². The highest BCUT2D eigenvalue weighted by molar-refractivity contribution is 9.10. The van der Waals surface area contributed by atoms with Gasteiger partial charge < -0.3 is 5.32 Å². The van der Waals surface area contributed by atoms with Crippen molar-refractivity contribution in [1.29, 1.82) is 0 Å². The maximum Gasteiger partial charge on any atom is 0.255 e. The fourth-order valence-electron chi connectivity index (χ4n) is 1.63. The zero-order valence-corrected chi connectivity index (χ0v) is 12.3. The Kier molecular flexibility index (Phi) is 4.22. The first-order chi connectivity index (χ1) is 8.99. The van der Waals surface area contributed by atoms with Gasteiger partial charge in [-0.15, -0.1) is 0 Å². The molecule has 1 N–H and O–H groups in total. The molecule has 0 spiro atoms. The van der Waals surface area contributed by atoms with Gasteiger partial charge in [0.1, 0.15) is 5.82 Å². The summed E-state index contributed by atoms with van der Waals surface area (Å²) in [5.74, 6) is -0.748. The molecular weight excluding hydrogens is 333 g/mol. The van der Waals surface area contributed by atoms with Crippen molar-refractivity contribution in [2.75, 3.05) is 5.32 Å². The van der Waals surface area contributed by atoms with E-state index in [-0.39, 0.29) is 5.91 Å². The molecule has 0 aliphatic carbocycles. The summed E-state index contributed by atoms with van der Waals surface area (Å²) in [4.78, 5) is 12.1. The lowest BCUT2D eigenvalue weighted by atomic mass is 10.1. The Hall–Kier alpha value is -1.39. The number of hydrogen-bond acceptors (Lipinski definition) is 1. The molecule has 2 nitrogen and oxygen atoms in total. The van der Waals surface area contributed by atoms with Crippen molar-refractivity contribution in [3.05, 3.63) is 62.8 Å². The van der Waals surface area contributed by atoms with E-state index in [0.717, 1.165) is 0 Å². The minimum absolute atomic E-state index is 0.318. The fourth-order valence-corrected chi connectivity index (χ4v) is 2.05. The second kappa shape index (κ2) is 5.72. The number of carbonyl (C=O) groups excluding carboxylic acids is 1. The monoisotopic (exact) mass is 341 g/mol. The van der Waals surface area contributed by atoms with E-state index in [2.05, 4.69) is 21.2 Å². The van der Waals surface area contributed by atoms with Crippen molar-refractivity contribution in [1.82, 2.24) is 0 Å². The lowest BCUT2D eigenvalue weighted by Crippen LogP contribution is -2.13. The Labute approximate surface area is 123 Å². The smallest absolute Gasteiger partial charge is 0.255 e. The van der Waals surface area contributed by atoms with Crippen molar-refractivity contribution in [2.45, 2.75) is 6.92 Å². The normalized spacial score (nSPS) is 10.3. The quantitative estimate of drug-likeness (QED) is 0.834. The van der Waals surface area contributed by atoms with Gasteiger partial charge in [-0.1, -0.05) is 17.7 Å². The highest BCUT2D eigenvalue weighted by Crippen LogP contribution is 2.22. The predicted molar refractivity (Wildman–Crippen MR) is 78.2 cm³/mol. The van der Waals surface area contributed by atoms with E-state index < -0.39 is 5.82 Å². The molecule has 0 radical (unpaired) electrons. The van der Waals surface area contributed by atoms with Gasteiger partial charge in [-0.25, -0.2) is 4.39 Å². The standard InChI is InChI=1S/C14H10BrClFNO/c1-8-10(3-2-4-12(8)16)14(19)18-9-5-6-11(15)13(17)7-9/h2-7H,1H3,(H,18,19). The van der Waals surface area contributed by atoms with Crippen molar-refractivity contribution >= 4 is 39.1 Å². The van der Waals surface area contributed by atoms with Crippen molar-refractivity contribution < 1.29 is 9.18 Å². The van der Waals surface area contributed by atoms with Crippen LogP contribution < -0.4 is 5.32 Å². The minimum atomic E-state index is -0.430. The van der Waals surface area contributed by atoms with Crippen LogP contribution in [-0.4, -0.2) is 5.91 Å². The van der Waals surface area contributed by atoms with Crippen LogP contribution in [0.3, 0.4) is 0 Å². The number of rotatable bonds is 2. The average molecular weight is 343 g/mol. The SMILES string of the molecule is Cc1c(Cl)cccc1C(=O)Nc1ccc(Br)c(F)c1. The zero-order valence-electron chi connectivity index (χ0n) is 10.0. The minimum Gasteiger partial charge on any atom is -0.322 e. The molecule has 0 bridgehead atoms. The number of amides is 1. The molecule has 98 valence electrons. The molecule has 5 heteroatoms. The second-order valence-corrected chi connectivity index (χ2v) is 5.26. The number of halogens is 3. The van der Waals surface area contributed by atoms with E-state index in [0.29, 0.717) is 26.3 Å².